The van der Waals surface area contributed by atoms with E-state index in [1.165, 1.54) is 0 Å². The van der Waals surface area contributed by atoms with Crippen molar-refractivity contribution in [1.29, 1.82) is 0 Å². The second kappa shape index (κ2) is 10.9. The maximum atomic E-state index is 12.5. The molecule has 0 fully saturated rings. The van der Waals surface area contributed by atoms with E-state index < -0.39 is 11.8 Å². The van der Waals surface area contributed by atoms with Crippen molar-refractivity contribution < 1.29 is 19.1 Å². The van der Waals surface area contributed by atoms with Gasteiger partial charge in [0.05, 0.1) is 18.3 Å². The number of hydrogen-bond donors (Lipinski definition) is 2. The summed E-state index contributed by atoms with van der Waals surface area (Å²) in [6, 6.07) is 11.9. The molecule has 29 heavy (non-hydrogen) atoms. The van der Waals surface area contributed by atoms with E-state index in [1.807, 2.05) is 13.8 Å². The number of amides is 2. The van der Waals surface area contributed by atoms with Gasteiger partial charge in [0.15, 0.2) is 0 Å². The van der Waals surface area contributed by atoms with Crippen LogP contribution in [-0.4, -0.2) is 24.5 Å². The molecule has 0 aliphatic heterocycles. The van der Waals surface area contributed by atoms with E-state index in [4.69, 9.17) is 9.47 Å². The summed E-state index contributed by atoms with van der Waals surface area (Å²) in [6.07, 6.45) is 0.880. The Hall–Kier alpha value is -2.54. The molecule has 0 unspecified atom stereocenters. The average Bonchev–Trinajstić information content (AvgIpc) is 2.67. The second-order valence-electron chi connectivity index (χ2n) is 7.27. The monoisotopic (exact) mass is 462 g/mol. The molecule has 0 heterocycles. The molecule has 2 amide bonds. The fraction of sp³-hybridized carbons (Fsp3) is 0.364. The van der Waals surface area contributed by atoms with E-state index in [0.29, 0.717) is 35.2 Å². The van der Waals surface area contributed by atoms with E-state index in [9.17, 15) is 9.59 Å². The Balaban J connectivity index is 1.95. The number of nitrogens with one attached hydrogen (secondary N) is 2. The van der Waals surface area contributed by atoms with E-state index >= 15 is 0 Å². The first-order valence-corrected chi connectivity index (χ1v) is 10.3. The third kappa shape index (κ3) is 7.42. The van der Waals surface area contributed by atoms with Gasteiger partial charge in [0.1, 0.15) is 11.5 Å². The summed E-state index contributed by atoms with van der Waals surface area (Å²) in [5.41, 5.74) is 5.59. The number of carbonyl (C=O) groups is 2. The van der Waals surface area contributed by atoms with Crippen LogP contribution in [0.1, 0.15) is 54.8 Å². The lowest BCUT2D eigenvalue weighted by Crippen LogP contribution is -2.41. The molecule has 0 saturated carbocycles. The van der Waals surface area contributed by atoms with E-state index in [0.717, 1.165) is 10.9 Å². The second-order valence-corrected chi connectivity index (χ2v) is 8.19. The molecule has 0 radical (unpaired) electrons. The predicted octanol–water partition coefficient (Wildman–Crippen LogP) is 4.74. The predicted molar refractivity (Wildman–Crippen MR) is 116 cm³/mol. The highest BCUT2D eigenvalue weighted by Gasteiger charge is 2.15. The Labute approximate surface area is 180 Å². The van der Waals surface area contributed by atoms with Gasteiger partial charge in [-0.05, 0) is 68.7 Å². The number of carbonyl (C=O) groups excluding carboxylic acids is 2. The van der Waals surface area contributed by atoms with Crippen LogP contribution in [-0.2, 0) is 0 Å². The smallest absolute Gasteiger partial charge is 0.273 e. The molecular formula is C22H27BrN2O4. The van der Waals surface area contributed by atoms with Gasteiger partial charge in [0, 0.05) is 10.0 Å². The molecule has 0 saturated heterocycles. The molecule has 2 rings (SSSR count). The fourth-order valence-electron chi connectivity index (χ4n) is 2.40. The van der Waals surface area contributed by atoms with Crippen molar-refractivity contribution in [2.75, 3.05) is 6.61 Å². The summed E-state index contributed by atoms with van der Waals surface area (Å²) in [4.78, 5) is 24.8. The minimum absolute atomic E-state index is 0.0846. The van der Waals surface area contributed by atoms with Gasteiger partial charge < -0.3 is 9.47 Å². The minimum atomic E-state index is -0.469. The third-order valence-corrected chi connectivity index (χ3v) is 4.41. The van der Waals surface area contributed by atoms with E-state index in [2.05, 4.69) is 40.6 Å². The highest BCUT2D eigenvalue weighted by atomic mass is 79.9. The van der Waals surface area contributed by atoms with Crippen LogP contribution >= 0.6 is 15.9 Å². The van der Waals surface area contributed by atoms with Crippen molar-refractivity contribution in [2.24, 2.45) is 5.92 Å². The number of hydrazine groups is 1. The van der Waals surface area contributed by atoms with Gasteiger partial charge in [-0.25, -0.2) is 0 Å². The molecular weight excluding hydrogens is 436 g/mol. The SMILES string of the molecule is CC(C)CCOc1ccc(C(=O)NNC(=O)c2cc(Br)ccc2OC(C)C)cc1. The molecule has 0 aliphatic rings. The van der Waals surface area contributed by atoms with Crippen LogP contribution in [0.15, 0.2) is 46.9 Å². The molecule has 0 bridgehead atoms. The molecule has 0 aromatic heterocycles. The highest BCUT2D eigenvalue weighted by Crippen LogP contribution is 2.24. The number of hydrogen-bond acceptors (Lipinski definition) is 4. The van der Waals surface area contributed by atoms with Crippen LogP contribution in [0.3, 0.4) is 0 Å². The van der Waals surface area contributed by atoms with Crippen LogP contribution in [0.25, 0.3) is 0 Å². The van der Waals surface area contributed by atoms with Crippen molar-refractivity contribution in [3.8, 4) is 11.5 Å². The molecule has 0 aliphatic carbocycles. The van der Waals surface area contributed by atoms with Crippen molar-refractivity contribution >= 4 is 27.7 Å². The number of halogens is 1. The van der Waals surface area contributed by atoms with Gasteiger partial charge in [-0.2, -0.15) is 0 Å². The zero-order valence-electron chi connectivity index (χ0n) is 17.1. The van der Waals surface area contributed by atoms with Crippen molar-refractivity contribution in [3.05, 3.63) is 58.1 Å². The first-order valence-electron chi connectivity index (χ1n) is 9.56. The van der Waals surface area contributed by atoms with Gasteiger partial charge in [-0.3, -0.25) is 20.4 Å². The Morgan fingerprint density at radius 2 is 1.62 bits per heavy atom. The standard InChI is InChI=1S/C22H27BrN2O4/c1-14(2)11-12-28-18-8-5-16(6-9-18)21(26)24-25-22(27)19-13-17(23)7-10-20(19)29-15(3)4/h5-10,13-15H,11-12H2,1-4H3,(H,24,26)(H,25,27). The average molecular weight is 463 g/mol. The Morgan fingerprint density at radius 1 is 0.966 bits per heavy atom. The summed E-state index contributed by atoms with van der Waals surface area (Å²) in [7, 11) is 0. The van der Waals surface area contributed by atoms with Crippen LogP contribution in [0.5, 0.6) is 11.5 Å². The summed E-state index contributed by atoms with van der Waals surface area (Å²) >= 11 is 3.35. The van der Waals surface area contributed by atoms with E-state index in [1.54, 1.807) is 42.5 Å². The first-order chi connectivity index (χ1) is 13.8. The summed E-state index contributed by atoms with van der Waals surface area (Å²) in [6.45, 7) is 8.66. The zero-order valence-corrected chi connectivity index (χ0v) is 18.7. The van der Waals surface area contributed by atoms with Crippen LogP contribution in [0.2, 0.25) is 0 Å². The zero-order chi connectivity index (χ0) is 21.4. The molecule has 7 heteroatoms. The van der Waals surface area contributed by atoms with Gasteiger partial charge in [-0.1, -0.05) is 29.8 Å². The number of benzene rings is 2. The summed E-state index contributed by atoms with van der Waals surface area (Å²) in [5.74, 6) is 0.825. The fourth-order valence-corrected chi connectivity index (χ4v) is 2.77. The van der Waals surface area contributed by atoms with Gasteiger partial charge in [0.25, 0.3) is 11.8 Å². The molecule has 2 aromatic carbocycles. The quantitative estimate of drug-likeness (QED) is 0.555. The molecule has 2 N–H and O–H groups in total. The summed E-state index contributed by atoms with van der Waals surface area (Å²) < 4.78 is 12.0. The molecule has 156 valence electrons. The van der Waals surface area contributed by atoms with Crippen molar-refractivity contribution in [3.63, 3.8) is 0 Å². The van der Waals surface area contributed by atoms with Crippen molar-refractivity contribution in [2.45, 2.75) is 40.2 Å². The molecule has 0 spiro atoms. The van der Waals surface area contributed by atoms with Crippen molar-refractivity contribution in [1.82, 2.24) is 10.9 Å². The molecule has 0 atom stereocenters. The topological polar surface area (TPSA) is 76.7 Å². The van der Waals surface area contributed by atoms with Gasteiger partial charge in [0.2, 0.25) is 0 Å². The van der Waals surface area contributed by atoms with E-state index in [-0.39, 0.29) is 6.10 Å². The Kier molecular flexibility index (Phi) is 8.51. The lowest BCUT2D eigenvalue weighted by Gasteiger charge is -2.15. The highest BCUT2D eigenvalue weighted by molar-refractivity contribution is 9.10. The lowest BCUT2D eigenvalue weighted by molar-refractivity contribution is 0.0843. The molecule has 6 nitrogen and oxygen atoms in total. The van der Waals surface area contributed by atoms with Gasteiger partial charge >= 0.3 is 0 Å². The van der Waals surface area contributed by atoms with Crippen LogP contribution < -0.4 is 20.3 Å². The number of rotatable bonds is 8. The minimum Gasteiger partial charge on any atom is -0.494 e. The lowest BCUT2D eigenvalue weighted by atomic mass is 10.1. The molecule has 2 aromatic rings. The Bertz CT molecular complexity index is 835. The number of ether oxygens (including phenoxy) is 2. The third-order valence-electron chi connectivity index (χ3n) is 3.92. The van der Waals surface area contributed by atoms with Gasteiger partial charge in [-0.15, -0.1) is 0 Å². The normalized spacial score (nSPS) is 10.7. The summed E-state index contributed by atoms with van der Waals surface area (Å²) in [5, 5.41) is 0. The van der Waals surface area contributed by atoms with Crippen LogP contribution in [0, 0.1) is 5.92 Å². The van der Waals surface area contributed by atoms with Crippen LogP contribution in [0.4, 0.5) is 0 Å². The largest absolute Gasteiger partial charge is 0.494 e. The Morgan fingerprint density at radius 3 is 2.24 bits per heavy atom. The first kappa shape index (κ1) is 22.7. The maximum Gasteiger partial charge on any atom is 0.273 e. The maximum absolute atomic E-state index is 12.5.